The lowest BCUT2D eigenvalue weighted by Gasteiger charge is -2.15. The summed E-state index contributed by atoms with van der Waals surface area (Å²) < 4.78 is 0. The van der Waals surface area contributed by atoms with Crippen LogP contribution in [0.15, 0.2) is 78.9 Å². The fraction of sp³-hybridized carbons (Fsp3) is 0.286. The molecular formula is C28H32S2. The number of rotatable bonds is 9. The summed E-state index contributed by atoms with van der Waals surface area (Å²) in [7, 11) is 0. The highest BCUT2D eigenvalue weighted by molar-refractivity contribution is 7.80. The lowest BCUT2D eigenvalue weighted by molar-refractivity contribution is 0.782. The van der Waals surface area contributed by atoms with Crippen LogP contribution in [0, 0.1) is 0 Å². The minimum atomic E-state index is 0.302. The van der Waals surface area contributed by atoms with Gasteiger partial charge in [-0.25, -0.2) is 0 Å². The van der Waals surface area contributed by atoms with E-state index in [1.165, 1.54) is 33.4 Å². The maximum atomic E-state index is 4.76. The van der Waals surface area contributed by atoms with E-state index in [1.54, 1.807) is 0 Å². The second kappa shape index (κ2) is 11.5. The molecule has 3 aromatic rings. The van der Waals surface area contributed by atoms with Crippen LogP contribution in [-0.4, -0.2) is 0 Å². The standard InChI is InChI=1S/C28H32S2/c1-3-8-27(29)24-16-12-22(13-17-24)26(20-21-10-6-5-7-11-21)23-14-18-25(19-15-23)28(30)9-4-2/h5-7,10-20,27-30H,3-4,8-9H2,1-2H3. The Balaban J connectivity index is 1.97. The van der Waals surface area contributed by atoms with E-state index in [0.717, 1.165) is 25.7 Å². The SMILES string of the molecule is CCCC(S)c1ccc(C(=Cc2ccccc2)c2ccc(C(S)CCC)cc2)cc1. The summed E-state index contributed by atoms with van der Waals surface area (Å²) in [4.78, 5) is 0. The number of hydrogen-bond acceptors (Lipinski definition) is 2. The summed E-state index contributed by atoms with van der Waals surface area (Å²) in [6.07, 6.45) is 6.76. The first-order chi connectivity index (χ1) is 14.6. The number of thiol groups is 2. The van der Waals surface area contributed by atoms with Gasteiger partial charge in [-0.1, -0.05) is 106 Å². The first-order valence-electron chi connectivity index (χ1n) is 11.0. The summed E-state index contributed by atoms with van der Waals surface area (Å²) in [6.45, 7) is 4.41. The minimum absolute atomic E-state index is 0.302. The molecular weight excluding hydrogens is 400 g/mol. The summed E-state index contributed by atoms with van der Waals surface area (Å²) >= 11 is 9.52. The lowest BCUT2D eigenvalue weighted by Crippen LogP contribution is -1.94. The Labute approximate surface area is 193 Å². The van der Waals surface area contributed by atoms with Gasteiger partial charge in [0.1, 0.15) is 0 Å². The molecule has 0 saturated heterocycles. The fourth-order valence-corrected chi connectivity index (χ4v) is 4.56. The van der Waals surface area contributed by atoms with Crippen LogP contribution in [0.5, 0.6) is 0 Å². The Hall–Kier alpha value is -1.90. The molecule has 2 unspecified atom stereocenters. The molecule has 0 nitrogen and oxygen atoms in total. The maximum Gasteiger partial charge on any atom is 0.0267 e. The van der Waals surface area contributed by atoms with Crippen molar-refractivity contribution in [1.82, 2.24) is 0 Å². The van der Waals surface area contributed by atoms with Gasteiger partial charge in [0.25, 0.3) is 0 Å². The minimum Gasteiger partial charge on any atom is -0.171 e. The molecule has 0 aliphatic rings. The largest absolute Gasteiger partial charge is 0.171 e. The molecule has 0 bridgehead atoms. The Kier molecular flexibility index (Phi) is 8.72. The van der Waals surface area contributed by atoms with Crippen molar-refractivity contribution in [2.45, 2.75) is 50.0 Å². The Morgan fingerprint density at radius 1 is 0.667 bits per heavy atom. The van der Waals surface area contributed by atoms with Crippen molar-refractivity contribution >= 4 is 36.9 Å². The third-order valence-electron chi connectivity index (χ3n) is 5.45. The van der Waals surface area contributed by atoms with Gasteiger partial charge in [0.2, 0.25) is 0 Å². The second-order valence-electron chi connectivity index (χ2n) is 7.82. The molecule has 3 rings (SSSR count). The van der Waals surface area contributed by atoms with E-state index in [2.05, 4.69) is 98.8 Å². The van der Waals surface area contributed by atoms with Gasteiger partial charge in [-0.2, -0.15) is 25.3 Å². The smallest absolute Gasteiger partial charge is 0.0267 e. The quantitative estimate of drug-likeness (QED) is 0.245. The highest BCUT2D eigenvalue weighted by atomic mass is 32.1. The lowest BCUT2D eigenvalue weighted by atomic mass is 9.93. The van der Waals surface area contributed by atoms with Crippen molar-refractivity contribution in [2.24, 2.45) is 0 Å². The van der Waals surface area contributed by atoms with Crippen LogP contribution in [0.3, 0.4) is 0 Å². The normalized spacial score (nSPS) is 12.9. The van der Waals surface area contributed by atoms with Crippen LogP contribution in [0.25, 0.3) is 11.6 Å². The molecule has 0 N–H and O–H groups in total. The van der Waals surface area contributed by atoms with Crippen molar-refractivity contribution in [2.75, 3.05) is 0 Å². The zero-order chi connectivity index (χ0) is 21.3. The molecule has 0 fully saturated rings. The highest BCUT2D eigenvalue weighted by Gasteiger charge is 2.11. The zero-order valence-corrected chi connectivity index (χ0v) is 19.7. The molecule has 30 heavy (non-hydrogen) atoms. The van der Waals surface area contributed by atoms with E-state index < -0.39 is 0 Å². The van der Waals surface area contributed by atoms with Gasteiger partial charge in [-0.3, -0.25) is 0 Å². The molecule has 0 aliphatic heterocycles. The van der Waals surface area contributed by atoms with E-state index in [-0.39, 0.29) is 0 Å². The zero-order valence-electron chi connectivity index (χ0n) is 18.0. The average Bonchev–Trinajstić information content (AvgIpc) is 2.79. The molecule has 2 heteroatoms. The van der Waals surface area contributed by atoms with E-state index in [9.17, 15) is 0 Å². The van der Waals surface area contributed by atoms with Crippen LogP contribution in [0.4, 0.5) is 0 Å². The van der Waals surface area contributed by atoms with Gasteiger partial charge >= 0.3 is 0 Å². The summed E-state index contributed by atoms with van der Waals surface area (Å²) in [5.74, 6) is 0. The van der Waals surface area contributed by atoms with Gasteiger partial charge in [0.05, 0.1) is 0 Å². The predicted molar refractivity (Wildman–Crippen MR) is 140 cm³/mol. The van der Waals surface area contributed by atoms with E-state index in [1.807, 2.05) is 0 Å². The van der Waals surface area contributed by atoms with Crippen LogP contribution >= 0.6 is 25.3 Å². The van der Waals surface area contributed by atoms with Gasteiger partial charge in [-0.15, -0.1) is 0 Å². The van der Waals surface area contributed by atoms with Crippen molar-refractivity contribution in [3.05, 3.63) is 107 Å². The highest BCUT2D eigenvalue weighted by Crippen LogP contribution is 2.32. The van der Waals surface area contributed by atoms with Gasteiger partial charge in [0.15, 0.2) is 0 Å². The Morgan fingerprint density at radius 2 is 1.10 bits per heavy atom. The third-order valence-corrected chi connectivity index (χ3v) is 6.56. The number of hydrogen-bond donors (Lipinski definition) is 2. The maximum absolute atomic E-state index is 4.76. The first-order valence-corrected chi connectivity index (χ1v) is 12.0. The summed E-state index contributed by atoms with van der Waals surface area (Å²) in [5.41, 5.74) is 7.46. The molecule has 0 spiro atoms. The monoisotopic (exact) mass is 432 g/mol. The molecule has 0 amide bonds. The van der Waals surface area contributed by atoms with Gasteiger partial charge in [-0.05, 0) is 52.3 Å². The molecule has 0 aromatic heterocycles. The fourth-order valence-electron chi connectivity index (χ4n) is 3.70. The average molecular weight is 433 g/mol. The number of benzene rings is 3. The van der Waals surface area contributed by atoms with Crippen molar-refractivity contribution in [3.8, 4) is 0 Å². The van der Waals surface area contributed by atoms with Crippen LogP contribution in [0.1, 0.15) is 77.8 Å². The Morgan fingerprint density at radius 3 is 1.50 bits per heavy atom. The molecule has 0 radical (unpaired) electrons. The van der Waals surface area contributed by atoms with E-state index >= 15 is 0 Å². The summed E-state index contributed by atoms with van der Waals surface area (Å²) in [6, 6.07) is 28.3. The second-order valence-corrected chi connectivity index (χ2v) is 9.07. The van der Waals surface area contributed by atoms with Crippen LogP contribution < -0.4 is 0 Å². The molecule has 0 saturated carbocycles. The van der Waals surface area contributed by atoms with Crippen molar-refractivity contribution in [1.29, 1.82) is 0 Å². The van der Waals surface area contributed by atoms with Crippen LogP contribution in [0.2, 0.25) is 0 Å². The van der Waals surface area contributed by atoms with Gasteiger partial charge < -0.3 is 0 Å². The Bertz CT molecular complexity index is 867. The molecule has 156 valence electrons. The molecule has 3 aromatic carbocycles. The van der Waals surface area contributed by atoms with E-state index in [4.69, 9.17) is 25.3 Å². The molecule has 2 atom stereocenters. The first kappa shape index (κ1) is 22.8. The van der Waals surface area contributed by atoms with Crippen LogP contribution in [-0.2, 0) is 0 Å². The topological polar surface area (TPSA) is 0 Å². The van der Waals surface area contributed by atoms with Crippen molar-refractivity contribution < 1.29 is 0 Å². The predicted octanol–water partition coefficient (Wildman–Crippen LogP) is 8.82. The van der Waals surface area contributed by atoms with Crippen molar-refractivity contribution in [3.63, 3.8) is 0 Å². The summed E-state index contributed by atoms with van der Waals surface area (Å²) in [5, 5.41) is 0.603. The molecule has 0 aliphatic carbocycles. The van der Waals surface area contributed by atoms with Gasteiger partial charge in [0, 0.05) is 10.5 Å². The third kappa shape index (κ3) is 6.06. The van der Waals surface area contributed by atoms with E-state index in [0.29, 0.717) is 10.5 Å². The molecule has 0 heterocycles.